The number of hydrazone groups is 1. The minimum atomic E-state index is -0.599. The molecule has 2 rings (SSSR count). The number of rotatable bonds is 6. The largest absolute Gasteiger partial charge is 0.506 e. The summed E-state index contributed by atoms with van der Waals surface area (Å²) in [5, 5.41) is 24.4. The molecule has 8 nitrogen and oxygen atoms in total. The summed E-state index contributed by atoms with van der Waals surface area (Å²) in [6.07, 6.45) is 1.11. The number of aryl methyl sites for hydroxylation is 2. The average Bonchev–Trinajstić information content (AvgIpc) is 2.57. The summed E-state index contributed by atoms with van der Waals surface area (Å²) in [5.41, 5.74) is 4.10. The van der Waals surface area contributed by atoms with E-state index in [2.05, 4.69) is 26.5 Å². The Morgan fingerprint density at radius 1 is 1.38 bits per heavy atom. The Morgan fingerprint density at radius 3 is 2.77 bits per heavy atom. The van der Waals surface area contributed by atoms with Crippen LogP contribution in [-0.4, -0.2) is 28.8 Å². The van der Waals surface area contributed by atoms with Crippen LogP contribution in [0.1, 0.15) is 16.7 Å². The SMILES string of the molecule is Cc1ccc(OCC(=O)N/N=C\c2cc([N+](=O)[O-])cc(Br)c2O)c(C)c1. The molecule has 2 N–H and O–H groups in total. The van der Waals surface area contributed by atoms with Gasteiger partial charge in [0, 0.05) is 17.7 Å². The highest BCUT2D eigenvalue weighted by atomic mass is 79.9. The molecule has 0 aliphatic carbocycles. The van der Waals surface area contributed by atoms with Crippen LogP contribution in [0.5, 0.6) is 11.5 Å². The number of non-ortho nitro benzene ring substituents is 1. The van der Waals surface area contributed by atoms with Crippen molar-refractivity contribution in [2.75, 3.05) is 6.61 Å². The number of amides is 1. The first kappa shape index (κ1) is 19.4. The lowest BCUT2D eigenvalue weighted by Crippen LogP contribution is -2.24. The van der Waals surface area contributed by atoms with E-state index in [1.807, 2.05) is 26.0 Å². The average molecular weight is 422 g/mol. The molecule has 0 heterocycles. The maximum absolute atomic E-state index is 11.8. The number of halogens is 1. The van der Waals surface area contributed by atoms with Crippen molar-refractivity contribution in [3.8, 4) is 11.5 Å². The number of phenolic OH excluding ortho intramolecular Hbond substituents is 1. The van der Waals surface area contributed by atoms with Gasteiger partial charge in [-0.2, -0.15) is 5.10 Å². The zero-order valence-corrected chi connectivity index (χ0v) is 15.6. The molecular formula is C17H16BrN3O5. The number of hydrogen-bond donors (Lipinski definition) is 2. The van der Waals surface area contributed by atoms with Gasteiger partial charge in [0.25, 0.3) is 11.6 Å². The fraction of sp³-hybridized carbons (Fsp3) is 0.176. The molecule has 136 valence electrons. The van der Waals surface area contributed by atoms with Crippen LogP contribution in [0.4, 0.5) is 5.69 Å². The summed E-state index contributed by atoms with van der Waals surface area (Å²) in [6, 6.07) is 7.90. The van der Waals surface area contributed by atoms with Gasteiger partial charge in [-0.1, -0.05) is 17.7 Å². The maximum Gasteiger partial charge on any atom is 0.277 e. The molecule has 26 heavy (non-hydrogen) atoms. The normalized spacial score (nSPS) is 10.7. The number of carbonyl (C=O) groups is 1. The molecule has 0 radical (unpaired) electrons. The van der Waals surface area contributed by atoms with Gasteiger partial charge >= 0.3 is 0 Å². The molecule has 0 bridgehead atoms. The highest BCUT2D eigenvalue weighted by Gasteiger charge is 2.13. The number of nitro groups is 1. The van der Waals surface area contributed by atoms with Crippen LogP contribution in [0.25, 0.3) is 0 Å². The summed E-state index contributed by atoms with van der Waals surface area (Å²) in [5.74, 6) is -0.139. The van der Waals surface area contributed by atoms with Crippen molar-refractivity contribution in [1.29, 1.82) is 0 Å². The molecule has 9 heteroatoms. The smallest absolute Gasteiger partial charge is 0.277 e. The van der Waals surface area contributed by atoms with Gasteiger partial charge in [0.15, 0.2) is 6.61 Å². The molecule has 0 spiro atoms. The van der Waals surface area contributed by atoms with Gasteiger partial charge in [-0.05, 0) is 41.4 Å². The van der Waals surface area contributed by atoms with E-state index in [1.165, 1.54) is 6.07 Å². The van der Waals surface area contributed by atoms with E-state index in [0.717, 1.165) is 23.4 Å². The molecule has 0 aliphatic heterocycles. The Balaban J connectivity index is 1.97. The number of carbonyl (C=O) groups excluding carboxylic acids is 1. The number of hydrogen-bond acceptors (Lipinski definition) is 6. The molecule has 0 aromatic heterocycles. The number of nitro benzene ring substituents is 1. The number of nitrogens with zero attached hydrogens (tertiary/aromatic N) is 2. The summed E-state index contributed by atoms with van der Waals surface area (Å²) < 4.78 is 5.57. The second-order valence-electron chi connectivity index (χ2n) is 5.47. The molecule has 2 aromatic carbocycles. The van der Waals surface area contributed by atoms with Gasteiger partial charge in [0.1, 0.15) is 11.5 Å². The zero-order chi connectivity index (χ0) is 19.3. The van der Waals surface area contributed by atoms with Crippen LogP contribution in [0.3, 0.4) is 0 Å². The standard InChI is InChI=1S/C17H16BrN3O5/c1-10-3-4-15(11(2)5-10)26-9-16(22)20-19-8-12-6-13(21(24)25)7-14(18)17(12)23/h3-8,23H,9H2,1-2H3,(H,20,22)/b19-8-. The Labute approximate surface area is 157 Å². The van der Waals surface area contributed by atoms with E-state index in [4.69, 9.17) is 4.74 Å². The van der Waals surface area contributed by atoms with Gasteiger partial charge in [-0.3, -0.25) is 14.9 Å². The molecule has 0 fully saturated rings. The Morgan fingerprint density at radius 2 is 2.12 bits per heavy atom. The number of benzene rings is 2. The molecule has 0 aliphatic rings. The van der Waals surface area contributed by atoms with Crippen LogP contribution in [0.15, 0.2) is 39.9 Å². The van der Waals surface area contributed by atoms with E-state index >= 15 is 0 Å². The van der Waals surface area contributed by atoms with E-state index in [1.54, 1.807) is 6.07 Å². The molecule has 2 aromatic rings. The van der Waals surface area contributed by atoms with Gasteiger partial charge < -0.3 is 9.84 Å². The summed E-state index contributed by atoms with van der Waals surface area (Å²) >= 11 is 3.03. The first-order valence-electron chi connectivity index (χ1n) is 7.47. The first-order valence-corrected chi connectivity index (χ1v) is 8.26. The first-order chi connectivity index (χ1) is 12.3. The van der Waals surface area contributed by atoms with E-state index in [9.17, 15) is 20.0 Å². The van der Waals surface area contributed by atoms with Crippen molar-refractivity contribution in [2.24, 2.45) is 5.10 Å². The van der Waals surface area contributed by atoms with E-state index in [-0.39, 0.29) is 28.1 Å². The Bertz CT molecular complexity index is 883. The van der Waals surface area contributed by atoms with Crippen molar-refractivity contribution in [2.45, 2.75) is 13.8 Å². The number of phenols is 1. The monoisotopic (exact) mass is 421 g/mol. The third-order valence-electron chi connectivity index (χ3n) is 3.37. The van der Waals surface area contributed by atoms with Crippen molar-refractivity contribution >= 4 is 33.7 Å². The number of nitrogens with one attached hydrogen (secondary N) is 1. The number of ether oxygens (including phenoxy) is 1. The van der Waals surface area contributed by atoms with E-state index in [0.29, 0.717) is 5.75 Å². The van der Waals surface area contributed by atoms with Gasteiger partial charge in [-0.15, -0.1) is 0 Å². The highest BCUT2D eigenvalue weighted by molar-refractivity contribution is 9.10. The predicted molar refractivity (Wildman–Crippen MR) is 99.6 cm³/mol. The molecule has 0 saturated carbocycles. The maximum atomic E-state index is 11.8. The van der Waals surface area contributed by atoms with Crippen molar-refractivity contribution in [1.82, 2.24) is 5.43 Å². The zero-order valence-electron chi connectivity index (χ0n) is 14.0. The lowest BCUT2D eigenvalue weighted by Gasteiger charge is -2.08. The second kappa shape index (κ2) is 8.43. The Kier molecular flexibility index (Phi) is 6.29. The fourth-order valence-electron chi connectivity index (χ4n) is 2.12. The highest BCUT2D eigenvalue weighted by Crippen LogP contribution is 2.31. The predicted octanol–water partition coefficient (Wildman–Crippen LogP) is 3.21. The quantitative estimate of drug-likeness (QED) is 0.422. The van der Waals surface area contributed by atoms with Crippen LogP contribution in [-0.2, 0) is 4.79 Å². The molecule has 1 amide bonds. The fourth-order valence-corrected chi connectivity index (χ4v) is 2.58. The van der Waals surface area contributed by atoms with Gasteiger partial charge in [0.2, 0.25) is 0 Å². The molecule has 0 atom stereocenters. The van der Waals surface area contributed by atoms with Gasteiger partial charge in [-0.25, -0.2) is 5.43 Å². The van der Waals surface area contributed by atoms with Crippen molar-refractivity contribution in [3.63, 3.8) is 0 Å². The minimum Gasteiger partial charge on any atom is -0.506 e. The summed E-state index contributed by atoms with van der Waals surface area (Å²) in [7, 11) is 0. The van der Waals surface area contributed by atoms with Gasteiger partial charge in [0.05, 0.1) is 15.6 Å². The molecule has 0 saturated heterocycles. The molecular weight excluding hydrogens is 406 g/mol. The number of aromatic hydroxyl groups is 1. The van der Waals surface area contributed by atoms with E-state index < -0.39 is 10.8 Å². The second-order valence-corrected chi connectivity index (χ2v) is 6.33. The minimum absolute atomic E-state index is 0.0849. The van der Waals surface area contributed by atoms with Crippen LogP contribution >= 0.6 is 15.9 Å². The summed E-state index contributed by atoms with van der Waals surface area (Å²) in [6.45, 7) is 3.59. The van der Waals surface area contributed by atoms with Crippen LogP contribution in [0, 0.1) is 24.0 Å². The lowest BCUT2D eigenvalue weighted by molar-refractivity contribution is -0.385. The Hall–Kier alpha value is -2.94. The topological polar surface area (TPSA) is 114 Å². The third kappa shape index (κ3) is 5.03. The molecule has 0 unspecified atom stereocenters. The van der Waals surface area contributed by atoms with Crippen molar-refractivity contribution < 1.29 is 19.6 Å². The van der Waals surface area contributed by atoms with Crippen molar-refractivity contribution in [3.05, 3.63) is 61.6 Å². The van der Waals surface area contributed by atoms with Crippen LogP contribution in [0.2, 0.25) is 0 Å². The third-order valence-corrected chi connectivity index (χ3v) is 3.98. The summed E-state index contributed by atoms with van der Waals surface area (Å²) in [4.78, 5) is 22.0. The van der Waals surface area contributed by atoms with Crippen LogP contribution < -0.4 is 10.2 Å². The lowest BCUT2D eigenvalue weighted by atomic mass is 10.1.